The van der Waals surface area contributed by atoms with E-state index in [-0.39, 0.29) is 17.8 Å². The third-order valence-corrected chi connectivity index (χ3v) is 4.11. The van der Waals surface area contributed by atoms with Crippen molar-refractivity contribution in [2.45, 2.75) is 0 Å². The summed E-state index contributed by atoms with van der Waals surface area (Å²) in [4.78, 5) is 25.7. The zero-order valence-electron chi connectivity index (χ0n) is 12.5. The lowest BCUT2D eigenvalue weighted by molar-refractivity contribution is 0.0980. The second kappa shape index (κ2) is 6.88. The Bertz CT molecular complexity index is 890. The molecule has 8 heteroatoms. The van der Waals surface area contributed by atoms with Gasteiger partial charge in [0.1, 0.15) is 0 Å². The number of carbonyl (C=O) groups is 1. The number of rotatable bonds is 3. The summed E-state index contributed by atoms with van der Waals surface area (Å²) < 4.78 is 0. The fourth-order valence-corrected chi connectivity index (χ4v) is 2.83. The van der Waals surface area contributed by atoms with E-state index in [1.54, 1.807) is 36.5 Å². The number of aromatic nitrogens is 2. The van der Waals surface area contributed by atoms with Crippen molar-refractivity contribution in [1.29, 1.82) is 0 Å². The van der Waals surface area contributed by atoms with Gasteiger partial charge in [-0.15, -0.1) is 11.3 Å². The second-order valence-electron chi connectivity index (χ2n) is 4.75. The largest absolute Gasteiger partial charge is 0.369 e. The molecule has 0 aliphatic rings. The van der Waals surface area contributed by atoms with Crippen molar-refractivity contribution in [2.24, 2.45) is 10.7 Å². The lowest BCUT2D eigenvalue weighted by atomic mass is 10.3. The number of para-hydroxylation sites is 1. The number of carbonyl (C=O) groups excluding carboxylic acids is 1. The Hall–Kier alpha value is -3.26. The van der Waals surface area contributed by atoms with Crippen molar-refractivity contribution in [2.75, 3.05) is 5.73 Å². The Morgan fingerprint density at radius 2 is 1.92 bits per heavy atom. The molecule has 1 aromatic carbocycles. The highest BCUT2D eigenvalue weighted by atomic mass is 32.1. The van der Waals surface area contributed by atoms with E-state index in [9.17, 15) is 4.79 Å². The predicted molar refractivity (Wildman–Crippen MR) is 94.9 cm³/mol. The zero-order chi connectivity index (χ0) is 16.9. The average Bonchev–Trinajstić information content (AvgIpc) is 3.06. The summed E-state index contributed by atoms with van der Waals surface area (Å²) in [6.45, 7) is 0. The van der Waals surface area contributed by atoms with Crippen molar-refractivity contribution >= 4 is 34.8 Å². The maximum Gasteiger partial charge on any atom is 0.268 e. The Morgan fingerprint density at radius 3 is 2.67 bits per heavy atom. The molecule has 0 aliphatic heterocycles. The van der Waals surface area contributed by atoms with Gasteiger partial charge in [-0.3, -0.25) is 10.1 Å². The van der Waals surface area contributed by atoms with Crippen molar-refractivity contribution < 1.29 is 4.79 Å². The predicted octanol–water partition coefficient (Wildman–Crippen LogP) is 2.16. The molecule has 3 aromatic rings. The lowest BCUT2D eigenvalue weighted by Gasteiger charge is -2.02. The highest BCUT2D eigenvalue weighted by Crippen LogP contribution is 2.26. The fourth-order valence-electron chi connectivity index (χ4n) is 1.96. The van der Waals surface area contributed by atoms with Crippen LogP contribution < -0.4 is 16.8 Å². The van der Waals surface area contributed by atoms with E-state index in [0.717, 1.165) is 4.88 Å². The zero-order valence-corrected chi connectivity index (χ0v) is 13.3. The molecule has 0 radical (unpaired) electrons. The number of nitrogens with two attached hydrogens (primary N) is 2. The average molecular weight is 338 g/mol. The van der Waals surface area contributed by atoms with Crippen LogP contribution in [0.15, 0.2) is 59.7 Å². The summed E-state index contributed by atoms with van der Waals surface area (Å²) in [7, 11) is 0. The monoisotopic (exact) mass is 338 g/mol. The van der Waals surface area contributed by atoms with E-state index in [4.69, 9.17) is 11.5 Å². The first-order valence-electron chi connectivity index (χ1n) is 7.01. The van der Waals surface area contributed by atoms with Crippen LogP contribution in [0, 0.1) is 0 Å². The molecule has 0 fully saturated rings. The van der Waals surface area contributed by atoms with Crippen LogP contribution in [-0.2, 0) is 0 Å². The Kier molecular flexibility index (Phi) is 4.48. The number of nitrogen functional groups attached to an aromatic ring is 1. The number of nitrogens with one attached hydrogen (secondary N) is 1. The summed E-state index contributed by atoms with van der Waals surface area (Å²) in [5.41, 5.74) is 12.7. The van der Waals surface area contributed by atoms with Crippen LogP contribution in [0.5, 0.6) is 0 Å². The normalized spacial score (nSPS) is 11.2. The number of guanidine groups is 1. The number of benzene rings is 1. The second-order valence-corrected chi connectivity index (χ2v) is 5.83. The summed E-state index contributed by atoms with van der Waals surface area (Å²) in [5, 5.41) is 2.56. The number of thiophene rings is 1. The van der Waals surface area contributed by atoms with Gasteiger partial charge in [0.15, 0.2) is 0 Å². The standard InChI is InChI=1S/C16H14N6OS/c17-15-19-9-8-11(21-15)12-6-7-13(24-12)14(23)22-16(18)20-10-4-2-1-3-5-10/h1-9H,(H2,17,19,21)(H3,18,20,22,23). The quantitative estimate of drug-likeness (QED) is 0.499. The van der Waals surface area contributed by atoms with Gasteiger partial charge in [-0.25, -0.2) is 15.0 Å². The van der Waals surface area contributed by atoms with Gasteiger partial charge in [0.2, 0.25) is 11.9 Å². The molecule has 1 amide bonds. The first-order valence-corrected chi connectivity index (χ1v) is 7.83. The minimum absolute atomic E-state index is 0.0347. The Morgan fingerprint density at radius 1 is 1.12 bits per heavy atom. The third-order valence-electron chi connectivity index (χ3n) is 3.00. The molecule has 0 saturated carbocycles. The molecule has 0 unspecified atom stereocenters. The van der Waals surface area contributed by atoms with Crippen LogP contribution in [0.3, 0.4) is 0 Å². The minimum Gasteiger partial charge on any atom is -0.369 e. The molecule has 2 aromatic heterocycles. The van der Waals surface area contributed by atoms with Gasteiger partial charge in [0.05, 0.1) is 21.1 Å². The van der Waals surface area contributed by atoms with Crippen LogP contribution in [-0.4, -0.2) is 21.8 Å². The van der Waals surface area contributed by atoms with Gasteiger partial charge in [0, 0.05) is 6.20 Å². The third kappa shape index (κ3) is 3.73. The smallest absolute Gasteiger partial charge is 0.268 e. The van der Waals surface area contributed by atoms with Gasteiger partial charge in [-0.1, -0.05) is 18.2 Å². The van der Waals surface area contributed by atoms with E-state index in [1.165, 1.54) is 11.3 Å². The van der Waals surface area contributed by atoms with Crippen molar-refractivity contribution in [3.05, 3.63) is 59.6 Å². The van der Waals surface area contributed by atoms with Crippen LogP contribution >= 0.6 is 11.3 Å². The van der Waals surface area contributed by atoms with Gasteiger partial charge in [0.25, 0.3) is 5.91 Å². The van der Waals surface area contributed by atoms with Crippen LogP contribution in [0.1, 0.15) is 9.67 Å². The molecule has 0 aliphatic carbocycles. The number of nitrogens with zero attached hydrogens (tertiary/aromatic N) is 3. The van der Waals surface area contributed by atoms with Crippen molar-refractivity contribution in [3.63, 3.8) is 0 Å². The molecule has 0 bridgehead atoms. The first-order chi connectivity index (χ1) is 11.6. The number of aliphatic imine (C=N–C) groups is 1. The lowest BCUT2D eigenvalue weighted by Crippen LogP contribution is -2.36. The highest BCUT2D eigenvalue weighted by molar-refractivity contribution is 7.17. The van der Waals surface area contributed by atoms with E-state index < -0.39 is 0 Å². The van der Waals surface area contributed by atoms with E-state index >= 15 is 0 Å². The summed E-state index contributed by atoms with van der Waals surface area (Å²) in [6.07, 6.45) is 1.57. The molecular weight excluding hydrogens is 324 g/mol. The van der Waals surface area contributed by atoms with Crippen LogP contribution in [0.4, 0.5) is 11.6 Å². The molecule has 3 rings (SSSR count). The van der Waals surface area contributed by atoms with Gasteiger partial charge in [-0.05, 0) is 30.3 Å². The SMILES string of the molecule is NC(=Nc1ccccc1)NC(=O)c1ccc(-c2ccnc(N)n2)s1. The van der Waals surface area contributed by atoms with Gasteiger partial charge >= 0.3 is 0 Å². The first kappa shape index (κ1) is 15.6. The number of amides is 1. The molecule has 5 N–H and O–H groups in total. The summed E-state index contributed by atoms with van der Waals surface area (Å²) in [5.74, 6) is -0.107. The molecule has 24 heavy (non-hydrogen) atoms. The fraction of sp³-hybridized carbons (Fsp3) is 0. The number of hydrogen-bond acceptors (Lipinski definition) is 6. The molecule has 120 valence electrons. The van der Waals surface area contributed by atoms with E-state index in [0.29, 0.717) is 16.3 Å². The van der Waals surface area contributed by atoms with E-state index in [2.05, 4.69) is 20.3 Å². The molecule has 7 nitrogen and oxygen atoms in total. The maximum atomic E-state index is 12.2. The Labute approximate surface area is 142 Å². The van der Waals surface area contributed by atoms with E-state index in [1.807, 2.05) is 18.2 Å². The summed E-state index contributed by atoms with van der Waals surface area (Å²) >= 11 is 1.28. The number of hydrogen-bond donors (Lipinski definition) is 3. The molecule has 0 saturated heterocycles. The molecule has 0 atom stereocenters. The van der Waals surface area contributed by atoms with Crippen molar-refractivity contribution in [3.8, 4) is 10.6 Å². The van der Waals surface area contributed by atoms with Crippen LogP contribution in [0.2, 0.25) is 0 Å². The molecule has 2 heterocycles. The molecule has 0 spiro atoms. The Balaban J connectivity index is 1.73. The van der Waals surface area contributed by atoms with Gasteiger partial charge in [-0.2, -0.15) is 0 Å². The molecular formula is C16H14N6OS. The van der Waals surface area contributed by atoms with Gasteiger partial charge < -0.3 is 11.5 Å². The highest BCUT2D eigenvalue weighted by Gasteiger charge is 2.12. The summed E-state index contributed by atoms with van der Waals surface area (Å²) in [6, 6.07) is 14.4. The number of anilines is 1. The maximum absolute atomic E-state index is 12.2. The van der Waals surface area contributed by atoms with Crippen LogP contribution in [0.25, 0.3) is 10.6 Å². The topological polar surface area (TPSA) is 119 Å². The minimum atomic E-state index is -0.328. The van der Waals surface area contributed by atoms with Crippen molar-refractivity contribution in [1.82, 2.24) is 15.3 Å².